The number of nitrogens with zero attached hydrogens (tertiary/aromatic N) is 3. The molecule has 1 N–H and O–H groups in total. The summed E-state index contributed by atoms with van der Waals surface area (Å²) < 4.78 is 25.6. The van der Waals surface area contributed by atoms with Gasteiger partial charge in [-0.05, 0) is 63.5 Å². The highest BCUT2D eigenvalue weighted by molar-refractivity contribution is 7.91. The Hall–Kier alpha value is -1.93. The Morgan fingerprint density at radius 3 is 2.68 bits per heavy atom. The Labute approximate surface area is 172 Å². The minimum atomic E-state index is -2.94. The second kappa shape index (κ2) is 7.83. The van der Waals surface area contributed by atoms with Crippen LogP contribution >= 0.6 is 12.2 Å². The molecule has 0 radical (unpaired) electrons. The van der Waals surface area contributed by atoms with Crippen molar-refractivity contribution in [2.75, 3.05) is 23.9 Å². The molecule has 0 bridgehead atoms. The van der Waals surface area contributed by atoms with Gasteiger partial charge in [-0.25, -0.2) is 8.42 Å². The van der Waals surface area contributed by atoms with Crippen LogP contribution in [0.1, 0.15) is 40.5 Å². The van der Waals surface area contributed by atoms with Crippen LogP contribution in [0.15, 0.2) is 18.2 Å². The largest absolute Gasteiger partial charge is 0.348 e. The Balaban J connectivity index is 1.74. The lowest BCUT2D eigenvalue weighted by Gasteiger charge is -2.22. The van der Waals surface area contributed by atoms with E-state index in [4.69, 9.17) is 12.2 Å². The lowest BCUT2D eigenvalue weighted by Crippen LogP contribution is -2.31. The molecule has 3 rings (SSSR count). The summed E-state index contributed by atoms with van der Waals surface area (Å²) in [6, 6.07) is 6.18. The van der Waals surface area contributed by atoms with E-state index >= 15 is 0 Å². The normalized spacial score (nSPS) is 18.2. The van der Waals surface area contributed by atoms with Gasteiger partial charge in [0.2, 0.25) is 0 Å². The molecule has 1 atom stereocenters. The van der Waals surface area contributed by atoms with Gasteiger partial charge in [0.25, 0.3) is 0 Å². The first-order chi connectivity index (χ1) is 13.1. The molecule has 8 heteroatoms. The molecule has 1 aromatic heterocycles. The van der Waals surface area contributed by atoms with Crippen molar-refractivity contribution >= 4 is 32.9 Å². The van der Waals surface area contributed by atoms with Crippen molar-refractivity contribution in [1.82, 2.24) is 14.7 Å². The van der Waals surface area contributed by atoms with Gasteiger partial charge in [0, 0.05) is 30.5 Å². The Morgan fingerprint density at radius 1 is 1.32 bits per heavy atom. The molecule has 0 amide bonds. The smallest absolute Gasteiger partial charge is 0.173 e. The van der Waals surface area contributed by atoms with E-state index in [9.17, 15) is 8.42 Å². The molecule has 1 aliphatic rings. The van der Waals surface area contributed by atoms with E-state index in [0.717, 1.165) is 28.2 Å². The second-order valence-corrected chi connectivity index (χ2v) is 10.4. The summed E-state index contributed by atoms with van der Waals surface area (Å²) in [5.74, 6) is 0.423. The molecule has 152 valence electrons. The fourth-order valence-electron chi connectivity index (χ4n) is 3.64. The van der Waals surface area contributed by atoms with Crippen molar-refractivity contribution in [1.29, 1.82) is 0 Å². The number of aromatic nitrogens is 2. The van der Waals surface area contributed by atoms with Gasteiger partial charge in [-0.3, -0.25) is 4.68 Å². The summed E-state index contributed by atoms with van der Waals surface area (Å²) in [5.41, 5.74) is 6.36. The number of nitrogens with one attached hydrogen (secondary N) is 1. The number of hydrogen-bond donors (Lipinski definition) is 1. The van der Waals surface area contributed by atoms with E-state index < -0.39 is 9.84 Å². The third-order valence-corrected chi connectivity index (χ3v) is 7.57. The second-order valence-electron chi connectivity index (χ2n) is 7.76. The number of sulfone groups is 1. The van der Waals surface area contributed by atoms with Crippen molar-refractivity contribution < 1.29 is 8.42 Å². The van der Waals surface area contributed by atoms with E-state index in [2.05, 4.69) is 42.5 Å². The van der Waals surface area contributed by atoms with Crippen molar-refractivity contribution in [3.05, 3.63) is 46.3 Å². The number of thiocarbonyl (C=S) groups is 1. The first-order valence-corrected chi connectivity index (χ1v) is 11.6. The molecule has 0 unspecified atom stereocenters. The lowest BCUT2D eigenvalue weighted by molar-refractivity contribution is 0.479. The fraction of sp³-hybridized carbons (Fsp3) is 0.500. The van der Waals surface area contributed by atoms with Gasteiger partial charge in [-0.1, -0.05) is 12.1 Å². The summed E-state index contributed by atoms with van der Waals surface area (Å²) in [4.78, 5) is 1.99. The topological polar surface area (TPSA) is 67.2 Å². The van der Waals surface area contributed by atoms with E-state index in [1.54, 1.807) is 0 Å². The number of rotatable bonds is 4. The summed E-state index contributed by atoms with van der Waals surface area (Å²) in [7, 11) is -0.990. The van der Waals surface area contributed by atoms with Gasteiger partial charge in [-0.15, -0.1) is 0 Å². The summed E-state index contributed by atoms with van der Waals surface area (Å²) in [5, 5.41) is 8.62. The average Bonchev–Trinajstić information content (AvgIpc) is 3.11. The highest BCUT2D eigenvalue weighted by atomic mass is 32.2. The number of anilines is 1. The van der Waals surface area contributed by atoms with Gasteiger partial charge >= 0.3 is 0 Å². The lowest BCUT2D eigenvalue weighted by atomic mass is 10.1. The van der Waals surface area contributed by atoms with Crippen molar-refractivity contribution in [3.8, 4) is 0 Å². The van der Waals surface area contributed by atoms with E-state index in [0.29, 0.717) is 18.1 Å². The Morgan fingerprint density at radius 2 is 2.04 bits per heavy atom. The highest BCUT2D eigenvalue weighted by Crippen LogP contribution is 2.27. The monoisotopic (exact) mass is 420 g/mol. The van der Waals surface area contributed by atoms with E-state index in [1.165, 1.54) is 5.56 Å². The first kappa shape index (κ1) is 20.8. The van der Waals surface area contributed by atoms with Crippen LogP contribution in [0.2, 0.25) is 0 Å². The average molecular weight is 421 g/mol. The molecular formula is C20H28N4O2S2. The van der Waals surface area contributed by atoms with Gasteiger partial charge in [-0.2, -0.15) is 5.10 Å². The molecule has 0 aliphatic carbocycles. The van der Waals surface area contributed by atoms with Crippen LogP contribution in [0.5, 0.6) is 0 Å². The maximum atomic E-state index is 11.8. The molecule has 6 nitrogen and oxygen atoms in total. The third kappa shape index (κ3) is 4.38. The number of hydrogen-bond acceptors (Lipinski definition) is 4. The standard InChI is InChI=1S/C20H28N4O2S2/c1-13-6-7-14(2)19(10-13)21-20(27)23(5)11-18-15(3)22-24(16(18)4)17-8-9-28(25,26)12-17/h6-7,10,17H,8-9,11-12H2,1-5H3,(H,21,27)/t17-/m0/s1. The molecule has 0 spiro atoms. The van der Waals surface area contributed by atoms with Crippen molar-refractivity contribution in [3.63, 3.8) is 0 Å². The Bertz CT molecular complexity index is 1010. The number of aryl methyl sites for hydroxylation is 3. The molecule has 1 aliphatic heterocycles. The highest BCUT2D eigenvalue weighted by Gasteiger charge is 2.31. The predicted molar refractivity (Wildman–Crippen MR) is 118 cm³/mol. The fourth-order valence-corrected chi connectivity index (χ4v) is 5.51. The van der Waals surface area contributed by atoms with Gasteiger partial charge in [0.15, 0.2) is 14.9 Å². The van der Waals surface area contributed by atoms with Crippen LogP contribution < -0.4 is 5.32 Å². The minimum Gasteiger partial charge on any atom is -0.348 e. The molecule has 2 heterocycles. The van der Waals surface area contributed by atoms with Gasteiger partial charge in [0.1, 0.15) is 0 Å². The third-order valence-electron chi connectivity index (χ3n) is 5.41. The van der Waals surface area contributed by atoms with Crippen LogP contribution in [0.4, 0.5) is 5.69 Å². The summed E-state index contributed by atoms with van der Waals surface area (Å²) >= 11 is 5.60. The summed E-state index contributed by atoms with van der Waals surface area (Å²) in [6.07, 6.45) is 0.631. The molecule has 2 aromatic rings. The number of benzene rings is 1. The molecule has 0 saturated carbocycles. The van der Waals surface area contributed by atoms with Gasteiger partial charge < -0.3 is 10.2 Å². The maximum absolute atomic E-state index is 11.8. The zero-order chi connectivity index (χ0) is 20.6. The van der Waals surface area contributed by atoms with Crippen LogP contribution in [-0.2, 0) is 16.4 Å². The van der Waals surface area contributed by atoms with Crippen LogP contribution in [-0.4, -0.2) is 46.8 Å². The van der Waals surface area contributed by atoms with E-state index in [1.807, 2.05) is 30.5 Å². The molecule has 1 fully saturated rings. The zero-order valence-electron chi connectivity index (χ0n) is 17.1. The molecule has 28 heavy (non-hydrogen) atoms. The molecule has 1 aromatic carbocycles. The first-order valence-electron chi connectivity index (χ1n) is 9.42. The Kier molecular flexibility index (Phi) is 5.82. The quantitative estimate of drug-likeness (QED) is 0.766. The van der Waals surface area contributed by atoms with Crippen LogP contribution in [0, 0.1) is 27.7 Å². The minimum absolute atomic E-state index is 0.0669. The van der Waals surface area contributed by atoms with E-state index in [-0.39, 0.29) is 17.5 Å². The predicted octanol–water partition coefficient (Wildman–Crippen LogP) is 3.31. The van der Waals surface area contributed by atoms with Crippen LogP contribution in [0.25, 0.3) is 0 Å². The zero-order valence-corrected chi connectivity index (χ0v) is 18.7. The van der Waals surface area contributed by atoms with Crippen LogP contribution in [0.3, 0.4) is 0 Å². The molecule has 1 saturated heterocycles. The molecular weight excluding hydrogens is 392 g/mol. The maximum Gasteiger partial charge on any atom is 0.173 e. The van der Waals surface area contributed by atoms with Gasteiger partial charge in [0.05, 0.1) is 23.2 Å². The SMILES string of the molecule is Cc1ccc(C)c(NC(=S)N(C)Cc2c(C)nn([C@H]3CCS(=O)(=O)C3)c2C)c1. The summed E-state index contributed by atoms with van der Waals surface area (Å²) in [6.45, 7) is 8.71. The van der Waals surface area contributed by atoms with Crippen molar-refractivity contribution in [2.24, 2.45) is 0 Å². The van der Waals surface area contributed by atoms with Crippen molar-refractivity contribution in [2.45, 2.75) is 46.7 Å².